The largest absolute Gasteiger partial charge is 0.381 e. The van der Waals surface area contributed by atoms with Crippen molar-refractivity contribution in [3.63, 3.8) is 0 Å². The zero-order valence-corrected chi connectivity index (χ0v) is 14.5. The monoisotopic (exact) mass is 350 g/mol. The van der Waals surface area contributed by atoms with E-state index in [4.69, 9.17) is 4.74 Å². The van der Waals surface area contributed by atoms with Crippen LogP contribution in [0, 0.1) is 0 Å². The summed E-state index contributed by atoms with van der Waals surface area (Å²) in [6.07, 6.45) is 6.05. The number of rotatable bonds is 4. The highest BCUT2D eigenvalue weighted by Crippen LogP contribution is 2.29. The maximum atomic E-state index is 5.31. The van der Waals surface area contributed by atoms with Gasteiger partial charge in [0.2, 0.25) is 5.95 Å². The highest BCUT2D eigenvalue weighted by molar-refractivity contribution is 5.93. The first kappa shape index (κ1) is 15.2. The van der Waals surface area contributed by atoms with Crippen molar-refractivity contribution in [1.82, 2.24) is 34.9 Å². The predicted molar refractivity (Wildman–Crippen MR) is 96.6 cm³/mol. The second-order valence-electron chi connectivity index (χ2n) is 6.58. The van der Waals surface area contributed by atoms with Crippen molar-refractivity contribution in [2.24, 2.45) is 7.05 Å². The van der Waals surface area contributed by atoms with Gasteiger partial charge in [-0.05, 0) is 25.0 Å². The molecule has 0 atom stereocenters. The lowest BCUT2D eigenvalue weighted by molar-refractivity contribution is 0.0327. The molecule has 1 aliphatic carbocycles. The second-order valence-corrected chi connectivity index (χ2v) is 6.58. The van der Waals surface area contributed by atoms with Gasteiger partial charge in [-0.1, -0.05) is 5.21 Å². The third-order valence-corrected chi connectivity index (χ3v) is 4.92. The Labute approximate surface area is 148 Å². The molecule has 0 unspecified atom stereocenters. The molecule has 0 aromatic carbocycles. The van der Waals surface area contributed by atoms with Crippen LogP contribution in [0.3, 0.4) is 0 Å². The molecule has 132 valence electrons. The summed E-state index contributed by atoms with van der Waals surface area (Å²) in [6, 6.07) is 4.22. The Bertz CT molecular complexity index is 1090. The summed E-state index contributed by atoms with van der Waals surface area (Å²) in [4.78, 5) is 16.9. The summed E-state index contributed by atoms with van der Waals surface area (Å²) in [7, 11) is 3.58. The van der Waals surface area contributed by atoms with Gasteiger partial charge < -0.3 is 15.0 Å². The third-order valence-electron chi connectivity index (χ3n) is 4.92. The van der Waals surface area contributed by atoms with E-state index in [1.807, 2.05) is 31.6 Å². The molecule has 1 fully saturated rings. The maximum Gasteiger partial charge on any atom is 0.224 e. The van der Waals surface area contributed by atoms with Crippen molar-refractivity contribution < 1.29 is 4.74 Å². The number of nitrogens with zero attached hydrogens (tertiary/aromatic N) is 6. The molecule has 4 heterocycles. The molecule has 0 saturated heterocycles. The van der Waals surface area contributed by atoms with Gasteiger partial charge in [0.05, 0.1) is 11.8 Å². The van der Waals surface area contributed by atoms with Crippen LogP contribution in [0.2, 0.25) is 0 Å². The smallest absolute Gasteiger partial charge is 0.224 e. The number of aryl methyl sites for hydroxylation is 1. The van der Waals surface area contributed by atoms with Gasteiger partial charge in [0, 0.05) is 43.5 Å². The lowest BCUT2D eigenvalue weighted by Gasteiger charge is -2.34. The van der Waals surface area contributed by atoms with E-state index in [1.165, 1.54) is 0 Å². The van der Waals surface area contributed by atoms with Crippen molar-refractivity contribution in [3.05, 3.63) is 24.5 Å². The maximum absolute atomic E-state index is 5.31. The van der Waals surface area contributed by atoms with Gasteiger partial charge in [0.1, 0.15) is 11.2 Å². The molecule has 2 N–H and O–H groups in total. The molecule has 0 aliphatic heterocycles. The first-order valence-corrected chi connectivity index (χ1v) is 8.51. The average molecular weight is 350 g/mol. The fraction of sp³-hybridized carbons (Fsp3) is 0.353. The number of anilines is 1. The first-order chi connectivity index (χ1) is 12.7. The van der Waals surface area contributed by atoms with Gasteiger partial charge in [0.25, 0.3) is 0 Å². The number of fused-ring (bicyclic) bond motifs is 2. The number of aromatic nitrogens is 7. The van der Waals surface area contributed by atoms with Gasteiger partial charge in [-0.3, -0.25) is 0 Å². The highest BCUT2D eigenvalue weighted by atomic mass is 16.5. The molecule has 4 aromatic rings. The molecular formula is C17H18N8O. The minimum atomic E-state index is 0.343. The molecule has 26 heavy (non-hydrogen) atoms. The van der Waals surface area contributed by atoms with Gasteiger partial charge in [-0.25, -0.2) is 14.6 Å². The van der Waals surface area contributed by atoms with Crippen LogP contribution in [0.4, 0.5) is 5.95 Å². The van der Waals surface area contributed by atoms with Gasteiger partial charge in [-0.2, -0.15) is 4.98 Å². The van der Waals surface area contributed by atoms with E-state index in [-0.39, 0.29) is 0 Å². The van der Waals surface area contributed by atoms with Crippen LogP contribution in [0.1, 0.15) is 12.8 Å². The van der Waals surface area contributed by atoms with Crippen LogP contribution in [0.25, 0.3) is 33.5 Å². The Kier molecular flexibility index (Phi) is 3.35. The molecule has 0 amide bonds. The second kappa shape index (κ2) is 5.73. The highest BCUT2D eigenvalue weighted by Gasteiger charge is 2.29. The fourth-order valence-electron chi connectivity index (χ4n) is 3.31. The number of hydrogen-bond acceptors (Lipinski definition) is 7. The van der Waals surface area contributed by atoms with Crippen molar-refractivity contribution in [2.45, 2.75) is 25.0 Å². The van der Waals surface area contributed by atoms with Crippen LogP contribution >= 0.6 is 0 Å². The minimum absolute atomic E-state index is 0.343. The molecule has 0 bridgehead atoms. The topological polar surface area (TPSA) is 106 Å². The van der Waals surface area contributed by atoms with Gasteiger partial charge in [0.15, 0.2) is 5.65 Å². The predicted octanol–water partition coefficient (Wildman–Crippen LogP) is 1.89. The molecule has 0 spiro atoms. The van der Waals surface area contributed by atoms with Crippen molar-refractivity contribution in [1.29, 1.82) is 0 Å². The number of ether oxygens (including phenoxy) is 1. The average Bonchev–Trinajstić information content (AvgIpc) is 3.21. The quantitative estimate of drug-likeness (QED) is 0.579. The molecule has 9 nitrogen and oxygen atoms in total. The van der Waals surface area contributed by atoms with E-state index in [9.17, 15) is 0 Å². The zero-order valence-electron chi connectivity index (χ0n) is 14.5. The minimum Gasteiger partial charge on any atom is -0.381 e. The first-order valence-electron chi connectivity index (χ1n) is 8.51. The summed E-state index contributed by atoms with van der Waals surface area (Å²) < 4.78 is 6.97. The van der Waals surface area contributed by atoms with E-state index in [2.05, 4.69) is 35.6 Å². The zero-order chi connectivity index (χ0) is 17.7. The van der Waals surface area contributed by atoms with E-state index in [0.29, 0.717) is 18.1 Å². The Balaban J connectivity index is 1.46. The van der Waals surface area contributed by atoms with E-state index in [1.54, 1.807) is 11.8 Å². The van der Waals surface area contributed by atoms with Crippen LogP contribution in [0.5, 0.6) is 0 Å². The molecule has 4 aromatic heterocycles. The van der Waals surface area contributed by atoms with Crippen LogP contribution in [0.15, 0.2) is 24.5 Å². The van der Waals surface area contributed by atoms with Gasteiger partial charge >= 0.3 is 0 Å². The van der Waals surface area contributed by atoms with Crippen LogP contribution in [-0.2, 0) is 11.8 Å². The molecule has 0 radical (unpaired) electrons. The summed E-state index contributed by atoms with van der Waals surface area (Å²) in [5.74, 6) is 0.629. The Morgan fingerprint density at radius 2 is 2.15 bits per heavy atom. The molecule has 1 saturated carbocycles. The summed E-state index contributed by atoms with van der Waals surface area (Å²) in [6.45, 7) is 0. The van der Waals surface area contributed by atoms with E-state index >= 15 is 0 Å². The lowest BCUT2D eigenvalue weighted by atomic mass is 9.89. The SMILES string of the molecule is CO[C@H]1C[C@@H](Nc2ncc3c(-c4ccc5nnn(C)c5n4)c[nH]c3n2)C1. The summed E-state index contributed by atoms with van der Waals surface area (Å²) in [5.41, 5.74) is 4.09. The number of nitrogens with one attached hydrogen (secondary N) is 2. The van der Waals surface area contributed by atoms with Gasteiger partial charge in [-0.15, -0.1) is 5.10 Å². The molecule has 5 rings (SSSR count). The molecule has 1 aliphatic rings. The van der Waals surface area contributed by atoms with Crippen molar-refractivity contribution >= 4 is 28.1 Å². The summed E-state index contributed by atoms with van der Waals surface area (Å²) in [5, 5.41) is 12.4. The Morgan fingerprint density at radius 1 is 1.27 bits per heavy atom. The number of pyridine rings is 1. The number of H-pyrrole nitrogens is 1. The molecule has 9 heteroatoms. The molecular weight excluding hydrogens is 332 g/mol. The number of aromatic amines is 1. The number of hydrogen-bond donors (Lipinski definition) is 2. The normalized spacial score (nSPS) is 19.8. The Hall–Kier alpha value is -3.07. The van der Waals surface area contributed by atoms with E-state index < -0.39 is 0 Å². The standard InChI is InChI=1S/C17H18N8O/c1-25-16-14(23-24-25)4-3-13(21-16)11-7-18-15-12(11)8-19-17(22-15)20-9-5-10(6-9)26-2/h3-4,7-10H,5-6H2,1-2H3,(H2,18,19,20,22)/t9-,10+. The summed E-state index contributed by atoms with van der Waals surface area (Å²) >= 11 is 0. The van der Waals surface area contributed by atoms with Crippen molar-refractivity contribution in [2.75, 3.05) is 12.4 Å². The third kappa shape index (κ3) is 2.39. The Morgan fingerprint density at radius 3 is 3.00 bits per heavy atom. The van der Waals surface area contributed by atoms with E-state index in [0.717, 1.165) is 46.3 Å². The lowest BCUT2D eigenvalue weighted by Crippen LogP contribution is -2.40. The number of methoxy groups -OCH3 is 1. The fourth-order valence-corrected chi connectivity index (χ4v) is 3.31. The van der Waals surface area contributed by atoms with Crippen LogP contribution < -0.4 is 5.32 Å². The van der Waals surface area contributed by atoms with Crippen LogP contribution in [-0.4, -0.2) is 54.2 Å². The van der Waals surface area contributed by atoms with Crippen molar-refractivity contribution in [3.8, 4) is 11.3 Å².